The van der Waals surface area contributed by atoms with E-state index in [0.717, 1.165) is 0 Å². The van der Waals surface area contributed by atoms with Crippen molar-refractivity contribution >= 4 is 15.8 Å². The van der Waals surface area contributed by atoms with Gasteiger partial charge in [0.05, 0.1) is 0 Å². The van der Waals surface area contributed by atoms with Crippen molar-refractivity contribution in [2.75, 3.05) is 24.6 Å². The maximum atomic E-state index is 2.44. The molecule has 8 unspecified atom stereocenters. The average molecular weight is 531 g/mol. The van der Waals surface area contributed by atoms with Crippen molar-refractivity contribution in [2.45, 2.75) is 151 Å². The van der Waals surface area contributed by atoms with Crippen LogP contribution in [0.2, 0.25) is 38.5 Å². The normalized spacial score (nSPS) is 69.9. The van der Waals surface area contributed by atoms with Crippen LogP contribution in [0, 0.1) is 0 Å². The molecule has 33 heavy (non-hydrogen) atoms. The molecule has 0 aromatic heterocycles. The predicted octanol–water partition coefficient (Wildman–Crippen LogP) is 10.9. The van der Waals surface area contributed by atoms with E-state index in [4.69, 9.17) is 0 Å². The van der Waals surface area contributed by atoms with Gasteiger partial charge >= 0.3 is 198 Å². The number of hydrogen-bond donors (Lipinski definition) is 0. The van der Waals surface area contributed by atoms with E-state index in [2.05, 4.69) is 27.7 Å². The van der Waals surface area contributed by atoms with Crippen molar-refractivity contribution < 1.29 is 6.51 Å². The van der Waals surface area contributed by atoms with Gasteiger partial charge in [0.15, 0.2) is 0 Å². The van der Waals surface area contributed by atoms with E-state index in [1.165, 1.54) is 33.8 Å². The van der Waals surface area contributed by atoms with Gasteiger partial charge in [0.1, 0.15) is 0 Å². The van der Waals surface area contributed by atoms with Crippen LogP contribution in [-0.4, -0.2) is 32.8 Å². The molecule has 10 fully saturated rings. The maximum absolute atomic E-state index is 3.24. The molecule has 0 aliphatic carbocycles. The third-order valence-corrected chi connectivity index (χ3v) is 77.7. The third-order valence-electron chi connectivity index (χ3n) is 19.8. The summed E-state index contributed by atoms with van der Waals surface area (Å²) in [6.45, 7) is 6.53. The second kappa shape index (κ2) is 3.21. The Labute approximate surface area is 197 Å². The van der Waals surface area contributed by atoms with Gasteiger partial charge in [0, 0.05) is 0 Å². The number of rotatable bonds is 18. The SMILES string of the molecule is CCCCCP(CCCCC)[C]12[CH]3[CH]4[CH]5[CH]1[Fe]45321678[CH]2[CH]1[CH]6[C]7(P(CCCCC)CCCCC)[CH]28. The van der Waals surface area contributed by atoms with Gasteiger partial charge in [-0.2, -0.15) is 0 Å². The molecule has 0 bridgehead atoms. The van der Waals surface area contributed by atoms with Gasteiger partial charge in [-0.1, -0.05) is 0 Å². The summed E-state index contributed by atoms with van der Waals surface area (Å²) < 4.78 is 2.45. The Morgan fingerprint density at radius 2 is 0.727 bits per heavy atom. The van der Waals surface area contributed by atoms with Crippen LogP contribution in [0.15, 0.2) is 0 Å². The van der Waals surface area contributed by atoms with E-state index in [0.29, 0.717) is 15.8 Å². The minimum atomic E-state index is -3.24. The third kappa shape index (κ3) is 0.489. The summed E-state index contributed by atoms with van der Waals surface area (Å²) >= 11 is 0. The summed E-state index contributed by atoms with van der Waals surface area (Å²) in [6, 6.07) is 0. The van der Waals surface area contributed by atoms with Crippen LogP contribution < -0.4 is 0 Å². The summed E-state index contributed by atoms with van der Waals surface area (Å²) in [5.74, 6) is 0. The van der Waals surface area contributed by atoms with E-state index in [1.807, 2.05) is 0 Å². The molecule has 0 nitrogen and oxygen atoms in total. The van der Waals surface area contributed by atoms with Crippen LogP contribution >= 0.6 is 15.8 Å². The standard InChI is InChI=1S/2C15H26P.Fe/c2*1-3-5-9-13-16(14-10-6-4-2)15-11-7-8-12-15;/h2*7-8,11-12H,3-6,9-10,13-14H2,1-2H3;. The Morgan fingerprint density at radius 3 is 0.939 bits per heavy atom. The topological polar surface area (TPSA) is 0 Å². The van der Waals surface area contributed by atoms with Gasteiger partial charge in [0.2, 0.25) is 0 Å². The fourth-order valence-corrected chi connectivity index (χ4v) is 131. The number of hydrogen-bond acceptors (Lipinski definition) is 0. The zero-order valence-electron chi connectivity index (χ0n) is 22.2. The second-order valence-corrected chi connectivity index (χ2v) is 45.9. The summed E-state index contributed by atoms with van der Waals surface area (Å²) in [7, 11) is 0.841. The Balaban J connectivity index is 1.06. The molecule has 0 amide bonds. The molecule has 10 heterocycles. The van der Waals surface area contributed by atoms with Gasteiger partial charge in [-0.15, -0.1) is 0 Å². The summed E-state index contributed by atoms with van der Waals surface area (Å²) in [5.41, 5.74) is 0. The molecule has 0 aromatic carbocycles. The number of fused-ring (bicyclic) bond motifs is 10. The van der Waals surface area contributed by atoms with E-state index < -0.39 is 6.51 Å². The summed E-state index contributed by atoms with van der Waals surface area (Å²) in [5, 5.41) is 0. The first-order valence-corrected chi connectivity index (χ1v) is 25.3. The minimum absolute atomic E-state index is 0.421. The zero-order valence-corrected chi connectivity index (χ0v) is 25.1. The Morgan fingerprint density at radius 1 is 0.455 bits per heavy atom. The Bertz CT molecular complexity index is 1140. The molecule has 10 aliphatic rings. The van der Waals surface area contributed by atoms with Crippen molar-refractivity contribution in [1.29, 1.82) is 0 Å². The summed E-state index contributed by atoms with van der Waals surface area (Å²) in [4.78, 5) is 12.3. The molecule has 0 saturated carbocycles. The molecule has 10 saturated heterocycles. The molecule has 8 atom stereocenters. The van der Waals surface area contributed by atoms with E-state index in [-0.39, 0.29) is 0 Å². The molecule has 10 rings (SSSR count). The fourth-order valence-electron chi connectivity index (χ4n) is 21.2. The average Bonchev–Trinajstić information content (AvgIpc) is 3.76. The van der Waals surface area contributed by atoms with Gasteiger partial charge in [-0.25, -0.2) is 0 Å². The van der Waals surface area contributed by atoms with Crippen molar-refractivity contribution in [2.24, 2.45) is 0 Å². The molecule has 3 heteroatoms. The van der Waals surface area contributed by atoms with Gasteiger partial charge in [0.25, 0.3) is 0 Å². The molecule has 1 spiro atoms. The molecule has 0 N–H and O–H groups in total. The van der Waals surface area contributed by atoms with E-state index in [9.17, 15) is 0 Å². The molecule has 190 valence electrons. The van der Waals surface area contributed by atoms with Crippen LogP contribution in [0.1, 0.15) is 105 Å². The molecular weight excluding hydrogens is 478 g/mol. The van der Waals surface area contributed by atoms with Crippen LogP contribution in [0.3, 0.4) is 0 Å². The van der Waals surface area contributed by atoms with E-state index in [1.54, 1.807) is 115 Å². The molecule has 10 aliphatic heterocycles. The Kier molecular flexibility index (Phi) is 1.98. The molecule has 0 radical (unpaired) electrons. The first-order chi connectivity index (χ1) is 16.0. The predicted molar refractivity (Wildman–Crippen MR) is 147 cm³/mol. The first-order valence-electron chi connectivity index (χ1n) is 15.7. The first kappa shape index (κ1) is 20.4. The monoisotopic (exact) mass is 530 g/mol. The van der Waals surface area contributed by atoms with Crippen molar-refractivity contribution in [3.8, 4) is 0 Å². The van der Waals surface area contributed by atoms with E-state index >= 15 is 0 Å². The van der Waals surface area contributed by atoms with Crippen LogP contribution in [0.25, 0.3) is 0 Å². The quantitative estimate of drug-likeness (QED) is 0.0939. The second-order valence-electron chi connectivity index (χ2n) is 16.5. The fraction of sp³-hybridized carbons (Fsp3) is 1.00. The molecular formula is C30H52FeP2. The van der Waals surface area contributed by atoms with Crippen molar-refractivity contribution in [3.05, 3.63) is 0 Å². The van der Waals surface area contributed by atoms with Gasteiger partial charge < -0.3 is 0 Å². The van der Waals surface area contributed by atoms with Crippen LogP contribution in [-0.2, 0) is 6.51 Å². The Hall–Kier alpha value is 1.38. The van der Waals surface area contributed by atoms with Gasteiger partial charge in [-0.05, 0) is 0 Å². The number of unbranched alkanes of at least 4 members (excludes halogenated alkanes) is 8. The molecule has 0 aromatic rings. The van der Waals surface area contributed by atoms with Crippen LogP contribution in [0.5, 0.6) is 0 Å². The van der Waals surface area contributed by atoms with Crippen LogP contribution in [0.4, 0.5) is 0 Å². The van der Waals surface area contributed by atoms with Gasteiger partial charge in [-0.3, -0.25) is 0 Å². The van der Waals surface area contributed by atoms with Crippen molar-refractivity contribution in [1.82, 2.24) is 0 Å². The van der Waals surface area contributed by atoms with Crippen molar-refractivity contribution in [3.63, 3.8) is 0 Å². The zero-order chi connectivity index (χ0) is 22.4. The summed E-state index contributed by atoms with van der Waals surface area (Å²) in [6.07, 6.45) is 25.5.